The molecular formula is C17H21FN2O2S. The number of piperidine rings is 1. The van der Waals surface area contributed by atoms with Crippen molar-refractivity contribution in [3.8, 4) is 0 Å². The van der Waals surface area contributed by atoms with E-state index in [1.165, 1.54) is 17.6 Å². The number of hydrogen-bond acceptors (Lipinski definition) is 5. The van der Waals surface area contributed by atoms with Crippen molar-refractivity contribution < 1.29 is 13.9 Å². The number of ether oxygens (including phenoxy) is 1. The maximum absolute atomic E-state index is 13.3. The van der Waals surface area contributed by atoms with Crippen LogP contribution in [0.4, 0.5) is 4.39 Å². The Hall–Kier alpha value is -1.53. The van der Waals surface area contributed by atoms with Gasteiger partial charge >= 0.3 is 5.97 Å². The first-order valence-electron chi connectivity index (χ1n) is 8.10. The predicted octanol–water partition coefficient (Wildman–Crippen LogP) is 3.57. The molecule has 2 aromatic rings. The Morgan fingerprint density at radius 1 is 1.43 bits per heavy atom. The van der Waals surface area contributed by atoms with Gasteiger partial charge in [0.2, 0.25) is 0 Å². The molecule has 1 saturated heterocycles. The smallest absolute Gasteiger partial charge is 0.307 e. The molecule has 124 valence electrons. The molecule has 6 heteroatoms. The number of esters is 1. The molecule has 4 nitrogen and oxygen atoms in total. The van der Waals surface area contributed by atoms with E-state index in [2.05, 4.69) is 9.27 Å². The van der Waals surface area contributed by atoms with Crippen LogP contribution in [0.5, 0.6) is 0 Å². The fraction of sp³-hybridized carbons (Fsp3) is 0.529. The first kappa shape index (κ1) is 16.3. The molecule has 0 N–H and O–H groups in total. The molecule has 1 aliphatic rings. The Bertz CT molecular complexity index is 680. The number of likely N-dealkylation sites (tertiary alicyclic amines) is 1. The summed E-state index contributed by atoms with van der Waals surface area (Å²) in [6.07, 6.45) is 2.51. The Balaban J connectivity index is 1.57. The second-order valence-electron chi connectivity index (χ2n) is 5.88. The van der Waals surface area contributed by atoms with Crippen LogP contribution in [0.1, 0.15) is 37.8 Å². The maximum atomic E-state index is 13.3. The highest BCUT2D eigenvalue weighted by molar-refractivity contribution is 7.13. The van der Waals surface area contributed by atoms with Crippen LogP contribution in [-0.2, 0) is 9.53 Å². The highest BCUT2D eigenvalue weighted by atomic mass is 32.1. The van der Waals surface area contributed by atoms with Crippen molar-refractivity contribution in [2.24, 2.45) is 0 Å². The molecule has 1 aromatic carbocycles. The van der Waals surface area contributed by atoms with Crippen molar-refractivity contribution in [3.63, 3.8) is 0 Å². The summed E-state index contributed by atoms with van der Waals surface area (Å²) in [6, 6.07) is 4.91. The van der Waals surface area contributed by atoms with Gasteiger partial charge in [-0.25, -0.2) is 4.39 Å². The molecule has 0 unspecified atom stereocenters. The van der Waals surface area contributed by atoms with Crippen molar-refractivity contribution in [1.29, 1.82) is 0 Å². The third-order valence-electron chi connectivity index (χ3n) is 4.37. The SMILES string of the molecule is CCOC(=O)CCN1CCC(c2nsc3cc(F)ccc23)CC1. The number of aromatic nitrogens is 1. The topological polar surface area (TPSA) is 42.4 Å². The molecule has 0 atom stereocenters. The van der Waals surface area contributed by atoms with Crippen LogP contribution in [0, 0.1) is 5.82 Å². The fourth-order valence-electron chi connectivity index (χ4n) is 3.14. The maximum Gasteiger partial charge on any atom is 0.307 e. The van der Waals surface area contributed by atoms with Crippen molar-refractivity contribution in [1.82, 2.24) is 9.27 Å². The number of rotatable bonds is 5. The van der Waals surface area contributed by atoms with Gasteiger partial charge in [-0.3, -0.25) is 4.79 Å². The first-order chi connectivity index (χ1) is 11.2. The number of hydrogen-bond donors (Lipinski definition) is 0. The van der Waals surface area contributed by atoms with E-state index in [9.17, 15) is 9.18 Å². The lowest BCUT2D eigenvalue weighted by Gasteiger charge is -2.31. The molecule has 1 fully saturated rings. The second kappa shape index (κ2) is 7.36. The van der Waals surface area contributed by atoms with Gasteiger partial charge in [0.1, 0.15) is 5.82 Å². The number of benzene rings is 1. The summed E-state index contributed by atoms with van der Waals surface area (Å²) in [6.45, 7) is 4.95. The zero-order chi connectivity index (χ0) is 16.2. The lowest BCUT2D eigenvalue weighted by molar-refractivity contribution is -0.143. The van der Waals surface area contributed by atoms with Crippen LogP contribution in [0.2, 0.25) is 0 Å². The van der Waals surface area contributed by atoms with Gasteiger partial charge in [0, 0.05) is 17.8 Å². The molecule has 0 aliphatic carbocycles. The first-order valence-corrected chi connectivity index (χ1v) is 8.87. The minimum Gasteiger partial charge on any atom is -0.466 e. The van der Waals surface area contributed by atoms with Crippen molar-refractivity contribution >= 4 is 27.6 Å². The zero-order valence-electron chi connectivity index (χ0n) is 13.3. The number of nitrogens with zero attached hydrogens (tertiary/aromatic N) is 2. The Morgan fingerprint density at radius 3 is 2.96 bits per heavy atom. The van der Waals surface area contributed by atoms with Gasteiger partial charge in [-0.15, -0.1) is 0 Å². The van der Waals surface area contributed by atoms with E-state index in [-0.39, 0.29) is 11.8 Å². The average molecular weight is 336 g/mol. The van der Waals surface area contributed by atoms with Crippen molar-refractivity contribution in [2.75, 3.05) is 26.2 Å². The Kier molecular flexibility index (Phi) is 5.23. The lowest BCUT2D eigenvalue weighted by Crippen LogP contribution is -2.34. The molecule has 23 heavy (non-hydrogen) atoms. The van der Waals surface area contributed by atoms with Gasteiger partial charge < -0.3 is 9.64 Å². The molecule has 0 bridgehead atoms. The number of halogens is 1. The van der Waals surface area contributed by atoms with Crippen molar-refractivity contribution in [2.45, 2.75) is 32.1 Å². The summed E-state index contributed by atoms with van der Waals surface area (Å²) in [4.78, 5) is 13.7. The van der Waals surface area contributed by atoms with Gasteiger partial charge in [-0.05, 0) is 62.6 Å². The molecule has 2 heterocycles. The lowest BCUT2D eigenvalue weighted by atomic mass is 9.91. The minimum absolute atomic E-state index is 0.123. The quantitative estimate of drug-likeness (QED) is 0.783. The van der Waals surface area contributed by atoms with Gasteiger partial charge in [0.25, 0.3) is 0 Å². The molecule has 0 saturated carbocycles. The van der Waals surface area contributed by atoms with E-state index in [1.807, 2.05) is 13.0 Å². The largest absolute Gasteiger partial charge is 0.466 e. The second-order valence-corrected chi connectivity index (χ2v) is 6.68. The van der Waals surface area contributed by atoms with Gasteiger partial charge in [0.05, 0.1) is 23.4 Å². The zero-order valence-corrected chi connectivity index (χ0v) is 14.1. The predicted molar refractivity (Wildman–Crippen MR) is 89.2 cm³/mol. The molecular weight excluding hydrogens is 315 g/mol. The highest BCUT2D eigenvalue weighted by Gasteiger charge is 2.24. The van der Waals surface area contributed by atoms with Crippen LogP contribution in [-0.4, -0.2) is 41.5 Å². The summed E-state index contributed by atoms with van der Waals surface area (Å²) < 4.78 is 23.7. The van der Waals surface area contributed by atoms with Crippen LogP contribution < -0.4 is 0 Å². The van der Waals surface area contributed by atoms with E-state index in [1.54, 1.807) is 6.07 Å². The summed E-state index contributed by atoms with van der Waals surface area (Å²) in [5.74, 6) is 0.0942. The number of fused-ring (bicyclic) bond motifs is 1. The van der Waals surface area contributed by atoms with Crippen LogP contribution >= 0.6 is 11.5 Å². The number of carbonyl (C=O) groups is 1. The molecule has 1 aromatic heterocycles. The molecule has 0 amide bonds. The van der Waals surface area contributed by atoms with Crippen LogP contribution in [0.15, 0.2) is 18.2 Å². The normalized spacial score (nSPS) is 16.8. The van der Waals surface area contributed by atoms with Crippen LogP contribution in [0.25, 0.3) is 10.1 Å². The molecule has 0 spiro atoms. The number of carbonyl (C=O) groups excluding carboxylic acids is 1. The van der Waals surface area contributed by atoms with Crippen LogP contribution in [0.3, 0.4) is 0 Å². The molecule has 1 aliphatic heterocycles. The summed E-state index contributed by atoms with van der Waals surface area (Å²) in [5.41, 5.74) is 1.11. The monoisotopic (exact) mass is 336 g/mol. The minimum atomic E-state index is -0.207. The Labute approximate surface area is 139 Å². The van der Waals surface area contributed by atoms with Crippen molar-refractivity contribution in [3.05, 3.63) is 29.7 Å². The van der Waals surface area contributed by atoms with E-state index >= 15 is 0 Å². The van der Waals surface area contributed by atoms with E-state index in [4.69, 9.17) is 4.74 Å². The fourth-order valence-corrected chi connectivity index (χ4v) is 4.02. The van der Waals surface area contributed by atoms with Gasteiger partial charge in [0.15, 0.2) is 0 Å². The molecule has 0 radical (unpaired) electrons. The third kappa shape index (κ3) is 3.87. The van der Waals surface area contributed by atoms with E-state index in [0.29, 0.717) is 18.9 Å². The average Bonchev–Trinajstić information content (AvgIpc) is 2.96. The van der Waals surface area contributed by atoms with E-state index < -0.39 is 0 Å². The summed E-state index contributed by atoms with van der Waals surface area (Å²) in [7, 11) is 0. The third-order valence-corrected chi connectivity index (χ3v) is 5.20. The molecule has 3 rings (SSSR count). The van der Waals surface area contributed by atoms with E-state index in [0.717, 1.165) is 48.3 Å². The Morgan fingerprint density at radius 2 is 2.22 bits per heavy atom. The van der Waals surface area contributed by atoms with Gasteiger partial charge in [-0.1, -0.05) is 0 Å². The van der Waals surface area contributed by atoms with Gasteiger partial charge in [-0.2, -0.15) is 4.37 Å². The summed E-state index contributed by atoms with van der Waals surface area (Å²) >= 11 is 1.38. The highest BCUT2D eigenvalue weighted by Crippen LogP contribution is 2.34. The summed E-state index contributed by atoms with van der Waals surface area (Å²) in [5, 5.41) is 1.08. The standard InChI is InChI=1S/C17H21FN2O2S/c1-2-22-16(21)7-10-20-8-5-12(6-9-20)17-14-4-3-13(18)11-15(14)23-19-17/h3-4,11-12H,2,5-10H2,1H3.